The molecule has 2 saturated heterocycles. The molecule has 31 heavy (non-hydrogen) atoms. The van der Waals surface area contributed by atoms with E-state index in [-0.39, 0.29) is 17.6 Å². The lowest BCUT2D eigenvalue weighted by molar-refractivity contribution is -0.117. The molecule has 0 unspecified atom stereocenters. The largest absolute Gasteiger partial charge is 0.378 e. The van der Waals surface area contributed by atoms with Gasteiger partial charge in [0.1, 0.15) is 0 Å². The van der Waals surface area contributed by atoms with Gasteiger partial charge in [0.25, 0.3) is 0 Å². The molecule has 6 nitrogen and oxygen atoms in total. The SMILES string of the molecule is Cc1ccc(C(=O)C2CCN(CC(=O)Nc3ccccc3N3CCOCC3)CC2)cc1. The first-order chi connectivity index (χ1) is 15.1. The van der Waals surface area contributed by atoms with Crippen molar-refractivity contribution in [2.45, 2.75) is 19.8 Å². The molecule has 0 aliphatic carbocycles. The summed E-state index contributed by atoms with van der Waals surface area (Å²) in [4.78, 5) is 29.9. The molecule has 6 heteroatoms. The number of likely N-dealkylation sites (tertiary alicyclic amines) is 1. The van der Waals surface area contributed by atoms with Crippen molar-refractivity contribution in [3.8, 4) is 0 Å². The fourth-order valence-corrected chi connectivity index (χ4v) is 4.36. The number of nitrogens with one attached hydrogen (secondary N) is 1. The minimum absolute atomic E-state index is 0.0102. The number of ketones is 1. The van der Waals surface area contributed by atoms with Crippen molar-refractivity contribution >= 4 is 23.1 Å². The Bertz CT molecular complexity index is 898. The summed E-state index contributed by atoms with van der Waals surface area (Å²) in [7, 11) is 0. The Morgan fingerprint density at radius 3 is 2.35 bits per heavy atom. The fraction of sp³-hybridized carbons (Fsp3) is 0.440. The number of hydrogen-bond donors (Lipinski definition) is 1. The Morgan fingerprint density at radius 1 is 0.968 bits per heavy atom. The number of anilines is 2. The molecule has 2 aliphatic heterocycles. The van der Waals surface area contributed by atoms with Gasteiger partial charge < -0.3 is 15.0 Å². The van der Waals surface area contributed by atoms with Gasteiger partial charge in [0.05, 0.1) is 31.1 Å². The molecule has 0 atom stereocenters. The monoisotopic (exact) mass is 421 g/mol. The van der Waals surface area contributed by atoms with E-state index in [0.29, 0.717) is 19.8 Å². The van der Waals surface area contributed by atoms with Gasteiger partial charge in [-0.05, 0) is 45.0 Å². The fourth-order valence-electron chi connectivity index (χ4n) is 4.36. The topological polar surface area (TPSA) is 61.9 Å². The van der Waals surface area contributed by atoms with Gasteiger partial charge in [-0.2, -0.15) is 0 Å². The third-order valence-corrected chi connectivity index (χ3v) is 6.19. The standard InChI is InChI=1S/C25H31N3O3/c1-19-6-8-20(9-7-19)25(30)21-10-12-27(13-11-21)18-24(29)26-22-4-2-3-5-23(22)28-14-16-31-17-15-28/h2-9,21H,10-18H2,1H3,(H,26,29). The average Bonchev–Trinajstić information content (AvgIpc) is 2.80. The minimum Gasteiger partial charge on any atom is -0.378 e. The number of para-hydroxylation sites is 2. The Kier molecular flexibility index (Phi) is 6.99. The van der Waals surface area contributed by atoms with E-state index in [9.17, 15) is 9.59 Å². The van der Waals surface area contributed by atoms with Crippen molar-refractivity contribution in [1.29, 1.82) is 0 Å². The Hall–Kier alpha value is -2.70. The maximum absolute atomic E-state index is 12.8. The summed E-state index contributed by atoms with van der Waals surface area (Å²) < 4.78 is 5.44. The van der Waals surface area contributed by atoms with Gasteiger partial charge in [-0.1, -0.05) is 42.0 Å². The van der Waals surface area contributed by atoms with Gasteiger partial charge in [-0.3, -0.25) is 14.5 Å². The number of hydrogen-bond acceptors (Lipinski definition) is 5. The molecule has 2 aromatic rings. The summed E-state index contributed by atoms with van der Waals surface area (Å²) in [5.41, 5.74) is 3.84. The molecule has 2 aliphatic rings. The normalized spacial score (nSPS) is 18.0. The van der Waals surface area contributed by atoms with Crippen LogP contribution < -0.4 is 10.2 Å². The van der Waals surface area contributed by atoms with Crippen molar-refractivity contribution in [2.75, 3.05) is 56.2 Å². The molecule has 164 valence electrons. The molecule has 2 heterocycles. The number of aryl methyl sites for hydroxylation is 1. The highest BCUT2D eigenvalue weighted by molar-refractivity contribution is 5.98. The number of carbonyl (C=O) groups is 2. The van der Waals surface area contributed by atoms with E-state index in [1.54, 1.807) is 0 Å². The van der Waals surface area contributed by atoms with Crippen LogP contribution in [0.5, 0.6) is 0 Å². The maximum atomic E-state index is 12.8. The zero-order chi connectivity index (χ0) is 21.6. The molecule has 0 spiro atoms. The maximum Gasteiger partial charge on any atom is 0.238 e. The van der Waals surface area contributed by atoms with Crippen molar-refractivity contribution in [3.05, 3.63) is 59.7 Å². The predicted octanol–water partition coefficient (Wildman–Crippen LogP) is 3.37. The molecular formula is C25H31N3O3. The number of piperidine rings is 1. The van der Waals surface area contributed by atoms with E-state index in [0.717, 1.165) is 61.5 Å². The smallest absolute Gasteiger partial charge is 0.238 e. The zero-order valence-corrected chi connectivity index (χ0v) is 18.2. The van der Waals surface area contributed by atoms with Gasteiger partial charge in [-0.15, -0.1) is 0 Å². The van der Waals surface area contributed by atoms with E-state index in [1.165, 1.54) is 0 Å². The molecule has 0 aromatic heterocycles. The average molecular weight is 422 g/mol. The van der Waals surface area contributed by atoms with Crippen molar-refractivity contribution in [3.63, 3.8) is 0 Å². The molecule has 0 radical (unpaired) electrons. The van der Waals surface area contributed by atoms with Gasteiger partial charge in [0.2, 0.25) is 5.91 Å². The molecule has 4 rings (SSSR count). The number of amides is 1. The summed E-state index contributed by atoms with van der Waals surface area (Å²) in [5.74, 6) is 0.261. The van der Waals surface area contributed by atoms with Crippen molar-refractivity contribution < 1.29 is 14.3 Å². The summed E-state index contributed by atoms with van der Waals surface area (Å²) in [6, 6.07) is 15.8. The highest BCUT2D eigenvalue weighted by Crippen LogP contribution is 2.27. The first-order valence-corrected chi connectivity index (χ1v) is 11.1. The van der Waals surface area contributed by atoms with Crippen LogP contribution in [0.2, 0.25) is 0 Å². The number of benzene rings is 2. The van der Waals surface area contributed by atoms with E-state index in [1.807, 2.05) is 55.5 Å². The second-order valence-corrected chi connectivity index (χ2v) is 8.45. The summed E-state index contributed by atoms with van der Waals surface area (Å²) in [6.07, 6.45) is 1.59. The number of nitrogens with zero attached hydrogens (tertiary/aromatic N) is 2. The van der Waals surface area contributed by atoms with E-state index in [2.05, 4.69) is 15.1 Å². The summed E-state index contributed by atoms with van der Waals surface area (Å²) >= 11 is 0. The van der Waals surface area contributed by atoms with Gasteiger partial charge in [0.15, 0.2) is 5.78 Å². The number of rotatable bonds is 6. The number of ether oxygens (including phenoxy) is 1. The minimum atomic E-state index is -0.0102. The highest BCUT2D eigenvalue weighted by Gasteiger charge is 2.27. The van der Waals surface area contributed by atoms with Crippen LogP contribution in [0.3, 0.4) is 0 Å². The zero-order valence-electron chi connectivity index (χ0n) is 18.2. The van der Waals surface area contributed by atoms with Crippen LogP contribution in [-0.2, 0) is 9.53 Å². The number of carbonyl (C=O) groups excluding carboxylic acids is 2. The van der Waals surface area contributed by atoms with Crippen LogP contribution in [-0.4, -0.2) is 62.5 Å². The van der Waals surface area contributed by atoms with Crippen LogP contribution in [0.4, 0.5) is 11.4 Å². The lowest BCUT2D eigenvalue weighted by atomic mass is 9.88. The molecule has 0 bridgehead atoms. The van der Waals surface area contributed by atoms with Crippen LogP contribution in [0.1, 0.15) is 28.8 Å². The Morgan fingerprint density at radius 2 is 1.65 bits per heavy atom. The second-order valence-electron chi connectivity index (χ2n) is 8.45. The molecule has 2 aromatic carbocycles. The third kappa shape index (κ3) is 5.51. The van der Waals surface area contributed by atoms with Gasteiger partial charge in [0, 0.05) is 24.6 Å². The molecule has 2 fully saturated rings. The quantitative estimate of drug-likeness (QED) is 0.725. The van der Waals surface area contributed by atoms with Gasteiger partial charge in [-0.25, -0.2) is 0 Å². The van der Waals surface area contributed by atoms with Crippen LogP contribution in [0, 0.1) is 12.8 Å². The van der Waals surface area contributed by atoms with Crippen LogP contribution in [0.15, 0.2) is 48.5 Å². The Balaban J connectivity index is 1.29. The first-order valence-electron chi connectivity index (χ1n) is 11.1. The summed E-state index contributed by atoms with van der Waals surface area (Å²) in [5, 5.41) is 3.09. The molecule has 0 saturated carbocycles. The highest BCUT2D eigenvalue weighted by atomic mass is 16.5. The Labute approximate surface area is 184 Å². The lowest BCUT2D eigenvalue weighted by Crippen LogP contribution is -2.41. The molecular weight excluding hydrogens is 390 g/mol. The van der Waals surface area contributed by atoms with Gasteiger partial charge >= 0.3 is 0 Å². The molecule has 1 amide bonds. The number of morpholine rings is 1. The van der Waals surface area contributed by atoms with E-state index >= 15 is 0 Å². The van der Waals surface area contributed by atoms with Crippen molar-refractivity contribution in [1.82, 2.24) is 4.90 Å². The molecule has 1 N–H and O–H groups in total. The van der Waals surface area contributed by atoms with Crippen molar-refractivity contribution in [2.24, 2.45) is 5.92 Å². The third-order valence-electron chi connectivity index (χ3n) is 6.19. The second kappa shape index (κ2) is 10.1. The predicted molar refractivity (Wildman–Crippen MR) is 123 cm³/mol. The van der Waals surface area contributed by atoms with E-state index in [4.69, 9.17) is 4.74 Å². The van der Waals surface area contributed by atoms with Crippen LogP contribution >= 0.6 is 0 Å². The van der Waals surface area contributed by atoms with Crippen LogP contribution in [0.25, 0.3) is 0 Å². The van der Waals surface area contributed by atoms with E-state index < -0.39 is 0 Å². The number of Topliss-reactive ketones (excluding diaryl/α,β-unsaturated/α-hetero) is 1. The first kappa shape index (κ1) is 21.5. The summed E-state index contributed by atoms with van der Waals surface area (Å²) in [6.45, 7) is 6.98. The lowest BCUT2D eigenvalue weighted by Gasteiger charge is -2.32.